The van der Waals surface area contributed by atoms with E-state index < -0.39 is 11.9 Å². The van der Waals surface area contributed by atoms with E-state index >= 15 is 0 Å². The second-order valence-electron chi connectivity index (χ2n) is 4.04. The van der Waals surface area contributed by atoms with E-state index in [1.165, 1.54) is 0 Å². The van der Waals surface area contributed by atoms with Gasteiger partial charge in [-0.15, -0.1) is 0 Å². The zero-order valence-corrected chi connectivity index (χ0v) is 8.86. The van der Waals surface area contributed by atoms with Crippen LogP contribution in [0.3, 0.4) is 0 Å². The molecule has 3 heteroatoms. The van der Waals surface area contributed by atoms with Crippen LogP contribution < -0.4 is 4.74 Å². The summed E-state index contributed by atoms with van der Waals surface area (Å²) in [5.74, 6) is -0.306. The number of rotatable bonds is 2. The second-order valence-corrected chi connectivity index (χ2v) is 4.04. The number of aryl methyl sites for hydroxylation is 1. The normalized spacial score (nSPS) is 20.5. The first kappa shape index (κ1) is 10.0. The van der Waals surface area contributed by atoms with Gasteiger partial charge in [0.1, 0.15) is 5.75 Å². The Bertz CT molecular complexity index is 398. The molecule has 2 unspecified atom stereocenters. The van der Waals surface area contributed by atoms with Crippen LogP contribution in [0.15, 0.2) is 18.2 Å². The molecule has 0 saturated carbocycles. The van der Waals surface area contributed by atoms with Gasteiger partial charge in [-0.25, -0.2) is 0 Å². The van der Waals surface area contributed by atoms with E-state index in [2.05, 4.69) is 0 Å². The van der Waals surface area contributed by atoms with Gasteiger partial charge >= 0.3 is 5.97 Å². The Hall–Kier alpha value is -1.51. The first-order valence-electron chi connectivity index (χ1n) is 5.06. The second kappa shape index (κ2) is 3.57. The van der Waals surface area contributed by atoms with Gasteiger partial charge in [0.25, 0.3) is 0 Å². The highest BCUT2D eigenvalue weighted by molar-refractivity contribution is 5.71. The summed E-state index contributed by atoms with van der Waals surface area (Å²) in [6, 6.07) is 5.89. The Morgan fingerprint density at radius 3 is 3.00 bits per heavy atom. The molecular formula is C12H14O3. The molecule has 0 aliphatic carbocycles. The lowest BCUT2D eigenvalue weighted by atomic mass is 9.88. The minimum atomic E-state index is -0.766. The fraction of sp³-hybridized carbons (Fsp3) is 0.417. The van der Waals surface area contributed by atoms with E-state index in [9.17, 15) is 4.79 Å². The number of ether oxygens (including phenoxy) is 1. The predicted molar refractivity (Wildman–Crippen MR) is 56.2 cm³/mol. The molecule has 3 nitrogen and oxygen atoms in total. The number of aliphatic carboxylic acids is 1. The van der Waals surface area contributed by atoms with Crippen molar-refractivity contribution in [1.29, 1.82) is 0 Å². The van der Waals surface area contributed by atoms with Gasteiger partial charge in [0.05, 0.1) is 12.5 Å². The van der Waals surface area contributed by atoms with Gasteiger partial charge in [0.15, 0.2) is 0 Å². The Balaban J connectivity index is 2.37. The molecule has 2 rings (SSSR count). The molecule has 0 amide bonds. The van der Waals surface area contributed by atoms with Gasteiger partial charge in [0, 0.05) is 11.5 Å². The van der Waals surface area contributed by atoms with Gasteiger partial charge in [-0.05, 0) is 12.5 Å². The SMILES string of the molecule is Cc1cccc2c1OCC2C(C)C(=O)O. The van der Waals surface area contributed by atoms with Crippen LogP contribution in [0.1, 0.15) is 24.0 Å². The van der Waals surface area contributed by atoms with E-state index in [0.717, 1.165) is 16.9 Å². The van der Waals surface area contributed by atoms with Gasteiger partial charge in [-0.3, -0.25) is 4.79 Å². The minimum absolute atomic E-state index is 0.0163. The molecule has 15 heavy (non-hydrogen) atoms. The largest absolute Gasteiger partial charge is 0.492 e. The number of carboxylic acid groups (broad SMARTS) is 1. The molecule has 1 aliphatic heterocycles. The van der Waals surface area contributed by atoms with Crippen LogP contribution in [0.5, 0.6) is 5.75 Å². The Morgan fingerprint density at radius 1 is 1.60 bits per heavy atom. The Morgan fingerprint density at radius 2 is 2.33 bits per heavy atom. The van der Waals surface area contributed by atoms with Crippen LogP contribution in [0.2, 0.25) is 0 Å². The molecule has 0 radical (unpaired) electrons. The summed E-state index contributed by atoms with van der Waals surface area (Å²) < 4.78 is 5.55. The molecule has 1 aromatic rings. The standard InChI is InChI=1S/C12H14O3/c1-7-4-3-5-9-10(6-15-11(7)9)8(2)12(13)14/h3-5,8,10H,6H2,1-2H3,(H,13,14). The molecule has 0 aromatic heterocycles. The van der Waals surface area contributed by atoms with Crippen molar-refractivity contribution in [1.82, 2.24) is 0 Å². The third-order valence-corrected chi connectivity index (χ3v) is 3.04. The van der Waals surface area contributed by atoms with Crippen LogP contribution in [0.4, 0.5) is 0 Å². The lowest BCUT2D eigenvalue weighted by Gasteiger charge is -2.13. The molecule has 0 saturated heterocycles. The highest BCUT2D eigenvalue weighted by Gasteiger charge is 2.33. The van der Waals surface area contributed by atoms with E-state index in [0.29, 0.717) is 6.61 Å². The summed E-state index contributed by atoms with van der Waals surface area (Å²) in [4.78, 5) is 10.9. The predicted octanol–water partition coefficient (Wildman–Crippen LogP) is 2.19. The molecule has 80 valence electrons. The van der Waals surface area contributed by atoms with Crippen molar-refractivity contribution < 1.29 is 14.6 Å². The molecule has 0 fully saturated rings. The average molecular weight is 206 g/mol. The third kappa shape index (κ3) is 1.58. The molecule has 2 atom stereocenters. The smallest absolute Gasteiger partial charge is 0.306 e. The van der Waals surface area contributed by atoms with Crippen molar-refractivity contribution in [3.05, 3.63) is 29.3 Å². The molecule has 1 aromatic carbocycles. The number of carboxylic acids is 1. The quantitative estimate of drug-likeness (QED) is 0.806. The summed E-state index contributed by atoms with van der Waals surface area (Å²) in [6.45, 7) is 4.19. The summed E-state index contributed by atoms with van der Waals surface area (Å²) in [6.07, 6.45) is 0. The van der Waals surface area contributed by atoms with Gasteiger partial charge in [0.2, 0.25) is 0 Å². The molecular weight excluding hydrogens is 192 g/mol. The zero-order valence-electron chi connectivity index (χ0n) is 8.86. The maximum atomic E-state index is 10.9. The van der Waals surface area contributed by atoms with E-state index in [4.69, 9.17) is 9.84 Å². The number of hydrogen-bond acceptors (Lipinski definition) is 2. The van der Waals surface area contributed by atoms with Crippen molar-refractivity contribution in [3.8, 4) is 5.75 Å². The van der Waals surface area contributed by atoms with Crippen LogP contribution >= 0.6 is 0 Å². The number of carbonyl (C=O) groups is 1. The summed E-state index contributed by atoms with van der Waals surface area (Å²) in [5, 5.41) is 8.98. The van der Waals surface area contributed by atoms with E-state index in [-0.39, 0.29) is 5.92 Å². The van der Waals surface area contributed by atoms with Gasteiger partial charge in [-0.2, -0.15) is 0 Å². The lowest BCUT2D eigenvalue weighted by Crippen LogP contribution is -2.19. The first-order valence-corrected chi connectivity index (χ1v) is 5.06. The number of fused-ring (bicyclic) bond motifs is 1. The summed E-state index contributed by atoms with van der Waals surface area (Å²) >= 11 is 0. The highest BCUT2D eigenvalue weighted by Crippen LogP contribution is 2.40. The monoisotopic (exact) mass is 206 g/mol. The van der Waals surface area contributed by atoms with Crippen molar-refractivity contribution in [3.63, 3.8) is 0 Å². The molecule has 1 N–H and O–H groups in total. The van der Waals surface area contributed by atoms with Gasteiger partial charge < -0.3 is 9.84 Å². The highest BCUT2D eigenvalue weighted by atomic mass is 16.5. The maximum absolute atomic E-state index is 10.9. The molecule has 0 bridgehead atoms. The lowest BCUT2D eigenvalue weighted by molar-refractivity contribution is -0.142. The topological polar surface area (TPSA) is 46.5 Å². The maximum Gasteiger partial charge on any atom is 0.306 e. The zero-order chi connectivity index (χ0) is 11.0. The van der Waals surface area contributed by atoms with E-state index in [1.54, 1.807) is 6.92 Å². The summed E-state index contributed by atoms with van der Waals surface area (Å²) in [7, 11) is 0. The molecule has 1 aliphatic rings. The van der Waals surface area contributed by atoms with Gasteiger partial charge in [-0.1, -0.05) is 25.1 Å². The molecule has 0 spiro atoms. The van der Waals surface area contributed by atoms with Crippen molar-refractivity contribution in [2.75, 3.05) is 6.61 Å². The third-order valence-electron chi connectivity index (χ3n) is 3.04. The number of hydrogen-bond donors (Lipinski definition) is 1. The van der Waals surface area contributed by atoms with Crippen LogP contribution in [-0.2, 0) is 4.79 Å². The Kier molecular flexibility index (Phi) is 2.39. The van der Waals surface area contributed by atoms with E-state index in [1.807, 2.05) is 25.1 Å². The van der Waals surface area contributed by atoms with Crippen LogP contribution in [0, 0.1) is 12.8 Å². The number of benzene rings is 1. The first-order chi connectivity index (χ1) is 7.11. The summed E-state index contributed by atoms with van der Waals surface area (Å²) in [5.41, 5.74) is 2.11. The number of para-hydroxylation sites is 1. The Labute approximate surface area is 88.7 Å². The minimum Gasteiger partial charge on any atom is -0.492 e. The van der Waals surface area contributed by atoms with Crippen molar-refractivity contribution in [2.45, 2.75) is 19.8 Å². The van der Waals surface area contributed by atoms with Crippen LogP contribution in [-0.4, -0.2) is 17.7 Å². The fourth-order valence-electron chi connectivity index (χ4n) is 2.01. The molecule has 1 heterocycles. The van der Waals surface area contributed by atoms with Crippen molar-refractivity contribution in [2.24, 2.45) is 5.92 Å². The fourth-order valence-corrected chi connectivity index (χ4v) is 2.01. The average Bonchev–Trinajstić information content (AvgIpc) is 2.61. The van der Waals surface area contributed by atoms with Crippen molar-refractivity contribution >= 4 is 5.97 Å². The van der Waals surface area contributed by atoms with Crippen LogP contribution in [0.25, 0.3) is 0 Å².